The second kappa shape index (κ2) is 6.97. The van der Waals surface area contributed by atoms with Crippen molar-refractivity contribution in [3.8, 4) is 0 Å². The van der Waals surface area contributed by atoms with Crippen molar-refractivity contribution in [1.82, 2.24) is 0 Å². The average Bonchev–Trinajstić information content (AvgIpc) is 2.49. The Labute approximate surface area is 134 Å². The first-order chi connectivity index (χ1) is 10.8. The Bertz CT molecular complexity index is 766. The first kappa shape index (κ1) is 17.2. The van der Waals surface area contributed by atoms with Gasteiger partial charge in [-0.2, -0.15) is 0 Å². The third kappa shape index (κ3) is 4.43. The van der Waals surface area contributed by atoms with Crippen LogP contribution in [0.5, 0.6) is 0 Å². The van der Waals surface area contributed by atoms with Crippen LogP contribution in [0.1, 0.15) is 6.92 Å². The van der Waals surface area contributed by atoms with Crippen molar-refractivity contribution in [2.24, 2.45) is 0 Å². The second-order valence-corrected chi connectivity index (χ2v) is 8.18. The molecule has 4 N–H and O–H groups in total. The van der Waals surface area contributed by atoms with E-state index in [2.05, 4.69) is 14.5 Å². The molecule has 1 atom stereocenters. The van der Waals surface area contributed by atoms with Crippen LogP contribution < -0.4 is 15.0 Å². The molecule has 23 heavy (non-hydrogen) atoms. The van der Waals surface area contributed by atoms with Gasteiger partial charge in [-0.15, -0.1) is 0 Å². The maximum atomic E-state index is 12.9. The van der Waals surface area contributed by atoms with Gasteiger partial charge in [0.05, 0.1) is 0 Å². The Hall–Kier alpha value is -2.12. The number of carbonyl (C=O) groups is 1. The fraction of sp³-hybridized carbons (Fsp3) is 0.0714. The fourth-order valence-corrected chi connectivity index (χ4v) is 3.52. The predicted octanol–water partition coefficient (Wildman–Crippen LogP) is 1.59. The van der Waals surface area contributed by atoms with E-state index >= 15 is 0 Å². The number of benzene rings is 2. The summed E-state index contributed by atoms with van der Waals surface area (Å²) in [7, 11) is 0. The summed E-state index contributed by atoms with van der Waals surface area (Å²) in [4.78, 5) is 11.2. The van der Waals surface area contributed by atoms with Crippen LogP contribution in [0.15, 0.2) is 42.5 Å². The molecule has 0 radical (unpaired) electrons. The molecule has 0 aliphatic rings. The summed E-state index contributed by atoms with van der Waals surface area (Å²) in [6.45, 7) is 1.23. The van der Waals surface area contributed by atoms with Crippen molar-refractivity contribution in [1.29, 1.82) is 0 Å². The zero-order valence-corrected chi connectivity index (χ0v) is 13.9. The van der Waals surface area contributed by atoms with Crippen LogP contribution in [-0.2, 0) is 12.4 Å². The average molecular weight is 384 g/mol. The van der Waals surface area contributed by atoms with Crippen molar-refractivity contribution in [2.45, 2.75) is 6.92 Å². The number of hydrogen-bond donors (Lipinski definition) is 4. The predicted molar refractivity (Wildman–Crippen MR) is 82.4 cm³/mol. The molecule has 2 rings (SSSR count). The first-order valence-corrected chi connectivity index (χ1v) is 9.73. The molecule has 2 aromatic rings. The quantitative estimate of drug-likeness (QED) is 0.354. The number of nitrogens with one attached hydrogen (secondary N) is 2. The zero-order chi connectivity index (χ0) is 17.0. The number of hydrogen-bond acceptors (Lipinski definition) is 5. The molecule has 1 unspecified atom stereocenters. The Morgan fingerprint density at radius 1 is 1.17 bits per heavy atom. The van der Waals surface area contributed by atoms with Crippen molar-refractivity contribution in [3.05, 3.63) is 48.3 Å². The van der Waals surface area contributed by atoms with Crippen LogP contribution >= 0.6 is 0 Å². The monoisotopic (exact) mass is 384 g/mol. The Kier molecular flexibility index (Phi) is 5.22. The third-order valence-electron chi connectivity index (χ3n) is 2.86. The van der Waals surface area contributed by atoms with E-state index in [-0.39, 0.29) is 15.9 Å². The van der Waals surface area contributed by atoms with E-state index in [0.717, 1.165) is 0 Å². The van der Waals surface area contributed by atoms with Gasteiger partial charge < -0.3 is 0 Å². The van der Waals surface area contributed by atoms with Crippen LogP contribution in [0.25, 0.3) is 0 Å². The Morgan fingerprint density at radius 2 is 1.78 bits per heavy atom. The van der Waals surface area contributed by atoms with Crippen molar-refractivity contribution in [3.63, 3.8) is 0 Å². The number of anilines is 3. The van der Waals surface area contributed by atoms with Crippen LogP contribution in [0, 0.1) is 5.82 Å². The number of halogens is 1. The summed E-state index contributed by atoms with van der Waals surface area (Å²) in [6.07, 6.45) is 0. The van der Waals surface area contributed by atoms with Crippen molar-refractivity contribution < 1.29 is 26.2 Å². The summed E-state index contributed by atoms with van der Waals surface area (Å²) in [5.74, 6) is -0.840. The summed E-state index contributed by atoms with van der Waals surface area (Å²) in [5.41, 5.74) is 1.10. The van der Waals surface area contributed by atoms with E-state index in [0.29, 0.717) is 11.4 Å². The molecule has 0 heterocycles. The summed E-state index contributed by atoms with van der Waals surface area (Å²) >= 11 is -5.14. The number of amides is 1. The van der Waals surface area contributed by atoms with Crippen LogP contribution in [0.2, 0.25) is 0 Å². The van der Waals surface area contributed by atoms with E-state index in [9.17, 15) is 17.0 Å². The van der Waals surface area contributed by atoms with Gasteiger partial charge in [0.1, 0.15) is 0 Å². The van der Waals surface area contributed by atoms with Gasteiger partial charge in [-0.05, 0) is 0 Å². The molecule has 0 fully saturated rings. The van der Waals surface area contributed by atoms with E-state index in [4.69, 9.17) is 5.26 Å². The molecule has 0 aromatic heterocycles. The van der Waals surface area contributed by atoms with Gasteiger partial charge in [0.15, 0.2) is 0 Å². The molecule has 0 spiro atoms. The zero-order valence-electron chi connectivity index (χ0n) is 12.0. The molecule has 0 saturated carbocycles. The molecule has 7 nitrogen and oxygen atoms in total. The van der Waals surface area contributed by atoms with Gasteiger partial charge in [0.25, 0.3) is 0 Å². The minimum atomic E-state index is -5.14. The van der Waals surface area contributed by atoms with Crippen molar-refractivity contribution >= 4 is 41.5 Å². The molecule has 0 bridgehead atoms. The topological polar surface area (TPSA) is 108 Å². The summed E-state index contributed by atoms with van der Waals surface area (Å²) in [5, 5.41) is 13.9. The van der Waals surface area contributed by atoms with Crippen molar-refractivity contribution in [2.75, 3.05) is 10.6 Å². The molecule has 1 amide bonds. The molecule has 0 aliphatic heterocycles. The molecule has 0 saturated heterocycles. The standard InChI is InChI=1S/C14H14AsFN2O5/c1-9(19)17-14-8-12(6-7-13(14)15(20,21)23-22)18-11-4-2-10(16)3-5-11/h2-8,18,22H,1H3,(H,17,19)(H,20,21). The van der Waals surface area contributed by atoms with Crippen LogP contribution in [0.3, 0.4) is 0 Å². The van der Waals surface area contributed by atoms with Gasteiger partial charge in [0.2, 0.25) is 0 Å². The maximum absolute atomic E-state index is 12.9. The molecular formula is C14H14AsFN2O5. The Balaban J connectivity index is 2.37. The van der Waals surface area contributed by atoms with Gasteiger partial charge in [-0.1, -0.05) is 0 Å². The summed E-state index contributed by atoms with van der Waals surface area (Å²) in [6, 6.07) is 9.70. The van der Waals surface area contributed by atoms with E-state index in [1.54, 1.807) is 0 Å². The fourth-order valence-electron chi connectivity index (χ4n) is 1.89. The normalized spacial score (nSPS) is 13.2. The number of carbonyl (C=O) groups excluding carboxylic acids is 1. The Morgan fingerprint density at radius 3 is 2.35 bits per heavy atom. The van der Waals surface area contributed by atoms with Gasteiger partial charge in [-0.3, -0.25) is 0 Å². The van der Waals surface area contributed by atoms with E-state index in [1.165, 1.54) is 49.4 Å². The molecule has 122 valence electrons. The van der Waals surface area contributed by atoms with Gasteiger partial charge in [-0.25, -0.2) is 0 Å². The molecule has 9 heteroatoms. The molecule has 2 aromatic carbocycles. The third-order valence-corrected chi connectivity index (χ3v) is 5.42. The number of rotatable bonds is 5. The second-order valence-electron chi connectivity index (χ2n) is 4.65. The van der Waals surface area contributed by atoms with Gasteiger partial charge >= 0.3 is 133 Å². The van der Waals surface area contributed by atoms with Crippen LogP contribution in [0.4, 0.5) is 21.5 Å². The van der Waals surface area contributed by atoms with Gasteiger partial charge in [0, 0.05) is 0 Å². The van der Waals surface area contributed by atoms with Crippen LogP contribution in [-0.4, -0.2) is 29.4 Å². The van der Waals surface area contributed by atoms with E-state index in [1.807, 2.05) is 0 Å². The molecule has 0 aliphatic carbocycles. The SMILES string of the molecule is CC(=O)Nc1cc(Nc2ccc(F)cc2)ccc1[As](=O)(O)OO. The molecular weight excluding hydrogens is 370 g/mol. The summed E-state index contributed by atoms with van der Waals surface area (Å²) < 4.78 is 37.8. The van der Waals surface area contributed by atoms with E-state index < -0.39 is 20.1 Å². The first-order valence-electron chi connectivity index (χ1n) is 6.42. The minimum absolute atomic E-state index is 0.0312.